The van der Waals surface area contributed by atoms with Crippen LogP contribution in [0.25, 0.3) is 0 Å². The lowest BCUT2D eigenvalue weighted by atomic mass is 9.97. The number of hydrogen-bond donors (Lipinski definition) is 5. The topological polar surface area (TPSA) is 128 Å². The first kappa shape index (κ1) is 14.3. The number of ether oxygens (including phenoxy) is 2. The Balaban J connectivity index is 2.63. The summed E-state index contributed by atoms with van der Waals surface area (Å²) >= 11 is 0. The van der Waals surface area contributed by atoms with Gasteiger partial charge in [-0.1, -0.05) is 0 Å². The average Bonchev–Trinajstić information content (AvgIpc) is 2.29. The number of aliphatic hydroxyl groups is 4. The second-order valence-corrected chi connectivity index (χ2v) is 3.76. The summed E-state index contributed by atoms with van der Waals surface area (Å²) in [5.74, 6) is -0.561. The molecule has 0 spiro atoms. The van der Waals surface area contributed by atoms with E-state index in [0.717, 1.165) is 0 Å². The third kappa shape index (κ3) is 3.35. The summed E-state index contributed by atoms with van der Waals surface area (Å²) in [7, 11) is 1.32. The molecule has 1 aliphatic heterocycles. The smallest absolute Gasteiger partial charge is 0.246 e. The molecule has 0 saturated carbocycles. The van der Waals surface area contributed by atoms with Crippen molar-refractivity contribution in [2.24, 2.45) is 0 Å². The van der Waals surface area contributed by atoms with E-state index in [1.165, 1.54) is 7.11 Å². The van der Waals surface area contributed by atoms with E-state index in [0.29, 0.717) is 0 Å². The van der Waals surface area contributed by atoms with Crippen molar-refractivity contribution in [3.63, 3.8) is 0 Å². The highest BCUT2D eigenvalue weighted by atomic mass is 16.6. The van der Waals surface area contributed by atoms with Crippen molar-refractivity contribution >= 4 is 5.91 Å². The quantitative estimate of drug-likeness (QED) is 0.351. The van der Waals surface area contributed by atoms with Crippen LogP contribution in [0, 0.1) is 0 Å². The van der Waals surface area contributed by atoms with Crippen molar-refractivity contribution in [1.82, 2.24) is 5.32 Å². The summed E-state index contributed by atoms with van der Waals surface area (Å²) in [5.41, 5.74) is 0. The minimum Gasteiger partial charge on any atom is -0.394 e. The highest BCUT2D eigenvalue weighted by molar-refractivity contribution is 5.77. The molecule has 1 rings (SSSR count). The van der Waals surface area contributed by atoms with Gasteiger partial charge in [0.25, 0.3) is 0 Å². The molecule has 1 aliphatic rings. The first-order valence-corrected chi connectivity index (χ1v) is 5.10. The Morgan fingerprint density at radius 3 is 2.53 bits per heavy atom. The fraction of sp³-hybridized carbons (Fsp3) is 0.889. The van der Waals surface area contributed by atoms with Crippen molar-refractivity contribution in [2.75, 3.05) is 20.3 Å². The third-order valence-electron chi connectivity index (χ3n) is 2.50. The summed E-state index contributed by atoms with van der Waals surface area (Å²) in [4.78, 5) is 11.2. The average molecular weight is 251 g/mol. The monoisotopic (exact) mass is 251 g/mol. The van der Waals surface area contributed by atoms with Gasteiger partial charge in [0.15, 0.2) is 6.29 Å². The molecule has 1 unspecified atom stereocenters. The van der Waals surface area contributed by atoms with Gasteiger partial charge in [-0.25, -0.2) is 0 Å². The number of aliphatic hydroxyl groups excluding tert-OH is 4. The summed E-state index contributed by atoms with van der Waals surface area (Å²) in [6, 6.07) is -1.17. The molecule has 8 nitrogen and oxygen atoms in total. The fourth-order valence-electron chi connectivity index (χ4n) is 1.61. The minimum absolute atomic E-state index is 0.241. The van der Waals surface area contributed by atoms with Crippen LogP contribution in [0.4, 0.5) is 0 Å². The van der Waals surface area contributed by atoms with E-state index in [9.17, 15) is 20.1 Å². The van der Waals surface area contributed by atoms with Gasteiger partial charge in [0.05, 0.1) is 6.61 Å². The maximum atomic E-state index is 11.2. The van der Waals surface area contributed by atoms with Crippen LogP contribution in [-0.2, 0) is 14.3 Å². The normalized spacial score (nSPS) is 37.8. The van der Waals surface area contributed by atoms with Gasteiger partial charge >= 0.3 is 0 Å². The van der Waals surface area contributed by atoms with E-state index < -0.39 is 43.2 Å². The predicted molar refractivity (Wildman–Crippen MR) is 53.8 cm³/mol. The van der Waals surface area contributed by atoms with Gasteiger partial charge in [-0.3, -0.25) is 4.79 Å². The van der Waals surface area contributed by atoms with Gasteiger partial charge < -0.3 is 35.2 Å². The molecule has 100 valence electrons. The van der Waals surface area contributed by atoms with E-state index in [4.69, 9.17) is 9.84 Å². The summed E-state index contributed by atoms with van der Waals surface area (Å²) in [5, 5.41) is 39.8. The Hall–Kier alpha value is -0.770. The van der Waals surface area contributed by atoms with Crippen LogP contribution >= 0.6 is 0 Å². The van der Waals surface area contributed by atoms with Crippen molar-refractivity contribution < 1.29 is 34.7 Å². The van der Waals surface area contributed by atoms with Crippen LogP contribution in [0.15, 0.2) is 0 Å². The zero-order valence-electron chi connectivity index (χ0n) is 9.31. The lowest BCUT2D eigenvalue weighted by molar-refractivity contribution is -0.254. The SMILES string of the molecule is COCC(=O)N[C@@H]1C(O)O[C@H](CO)[C@@H](O)[C@@H]1O. The van der Waals surface area contributed by atoms with Crippen molar-refractivity contribution in [3.8, 4) is 0 Å². The molecule has 1 amide bonds. The van der Waals surface area contributed by atoms with Crippen LogP contribution < -0.4 is 5.32 Å². The van der Waals surface area contributed by atoms with E-state index in [-0.39, 0.29) is 6.61 Å². The molecule has 17 heavy (non-hydrogen) atoms. The van der Waals surface area contributed by atoms with Crippen molar-refractivity contribution in [1.29, 1.82) is 0 Å². The number of hydrogen-bond acceptors (Lipinski definition) is 7. The van der Waals surface area contributed by atoms with Crippen LogP contribution in [0.3, 0.4) is 0 Å². The van der Waals surface area contributed by atoms with E-state index in [2.05, 4.69) is 10.1 Å². The summed E-state index contributed by atoms with van der Waals surface area (Å²) in [6.45, 7) is -0.788. The number of amides is 1. The van der Waals surface area contributed by atoms with E-state index in [1.54, 1.807) is 0 Å². The molecule has 5 atom stereocenters. The Morgan fingerprint density at radius 2 is 2.00 bits per heavy atom. The number of carbonyl (C=O) groups excluding carboxylic acids is 1. The molecule has 0 aliphatic carbocycles. The Kier molecular flexibility index (Phi) is 5.25. The molecule has 5 N–H and O–H groups in total. The molecule has 1 heterocycles. The molecule has 0 aromatic rings. The standard InChI is InChI=1S/C9H17NO7/c1-16-3-5(12)10-6-8(14)7(13)4(2-11)17-9(6)15/h4,6-9,11,13-15H,2-3H2,1H3,(H,10,12)/t4-,6+,7-,8-,9?/m1/s1. The highest BCUT2D eigenvalue weighted by Gasteiger charge is 2.44. The molecule has 0 aromatic carbocycles. The van der Waals surface area contributed by atoms with Gasteiger partial charge in [0, 0.05) is 7.11 Å². The van der Waals surface area contributed by atoms with Gasteiger partial charge in [0.2, 0.25) is 5.91 Å². The zero-order chi connectivity index (χ0) is 13.0. The van der Waals surface area contributed by atoms with Crippen LogP contribution in [-0.4, -0.2) is 77.3 Å². The largest absolute Gasteiger partial charge is 0.394 e. The lowest BCUT2D eigenvalue weighted by Crippen LogP contribution is -2.64. The zero-order valence-corrected chi connectivity index (χ0v) is 9.31. The molecule has 0 radical (unpaired) electrons. The van der Waals surface area contributed by atoms with Crippen LogP contribution in [0.1, 0.15) is 0 Å². The Labute approximate surface area is 97.8 Å². The first-order chi connectivity index (χ1) is 8.01. The number of methoxy groups -OCH3 is 1. The van der Waals surface area contributed by atoms with E-state index >= 15 is 0 Å². The number of nitrogens with one attached hydrogen (secondary N) is 1. The fourth-order valence-corrected chi connectivity index (χ4v) is 1.61. The van der Waals surface area contributed by atoms with Crippen molar-refractivity contribution in [3.05, 3.63) is 0 Å². The van der Waals surface area contributed by atoms with Crippen molar-refractivity contribution in [2.45, 2.75) is 30.6 Å². The maximum Gasteiger partial charge on any atom is 0.246 e. The molecule has 1 saturated heterocycles. The van der Waals surface area contributed by atoms with Gasteiger partial charge in [-0.2, -0.15) is 0 Å². The highest BCUT2D eigenvalue weighted by Crippen LogP contribution is 2.19. The summed E-state index contributed by atoms with van der Waals surface area (Å²) < 4.78 is 9.42. The number of rotatable bonds is 4. The maximum absolute atomic E-state index is 11.2. The lowest BCUT2D eigenvalue weighted by Gasteiger charge is -2.40. The predicted octanol–water partition coefficient (Wildman–Crippen LogP) is -3.45. The van der Waals surface area contributed by atoms with Crippen LogP contribution in [0.2, 0.25) is 0 Å². The van der Waals surface area contributed by atoms with Gasteiger partial charge in [-0.05, 0) is 0 Å². The Bertz CT molecular complexity index is 262. The van der Waals surface area contributed by atoms with Gasteiger partial charge in [-0.15, -0.1) is 0 Å². The second kappa shape index (κ2) is 6.24. The summed E-state index contributed by atoms with van der Waals surface area (Å²) in [6.07, 6.45) is -5.42. The Morgan fingerprint density at radius 1 is 1.35 bits per heavy atom. The van der Waals surface area contributed by atoms with E-state index in [1.807, 2.05) is 0 Å². The molecule has 8 heteroatoms. The molecular weight excluding hydrogens is 234 g/mol. The van der Waals surface area contributed by atoms with Gasteiger partial charge in [0.1, 0.15) is 31.0 Å². The number of carbonyl (C=O) groups is 1. The third-order valence-corrected chi connectivity index (χ3v) is 2.50. The van der Waals surface area contributed by atoms with Crippen LogP contribution in [0.5, 0.6) is 0 Å². The molecule has 0 bridgehead atoms. The second-order valence-electron chi connectivity index (χ2n) is 3.76. The molecule has 0 aromatic heterocycles. The first-order valence-electron chi connectivity index (χ1n) is 5.10. The molecule has 1 fully saturated rings. The molecular formula is C9H17NO7. The minimum atomic E-state index is -1.51.